The van der Waals surface area contributed by atoms with Gasteiger partial charge in [-0.3, -0.25) is 4.79 Å². The second kappa shape index (κ2) is 12.4. The maximum Gasteiger partial charge on any atom is 0.302 e. The Bertz CT molecular complexity index is 239. The van der Waals surface area contributed by atoms with E-state index in [1.165, 1.54) is 77.2 Å². The van der Waals surface area contributed by atoms with Gasteiger partial charge in [0, 0.05) is 6.92 Å². The molecular weight excluding hydrogens is 264 g/mol. The molecule has 0 aliphatic rings. The molecule has 0 fully saturated rings. The molecule has 120 valence electrons. The van der Waals surface area contributed by atoms with E-state index in [0.29, 0.717) is 6.23 Å². The summed E-state index contributed by atoms with van der Waals surface area (Å²) in [5.41, 5.74) is 0. The van der Waals surface area contributed by atoms with Crippen molar-refractivity contribution in [1.29, 1.82) is 0 Å². The zero-order chi connectivity index (χ0) is 15.3. The predicted octanol–water partition coefficient (Wildman–Crippen LogP) is 5.72. The van der Waals surface area contributed by atoms with Gasteiger partial charge in [-0.25, -0.2) is 0 Å². The van der Waals surface area contributed by atoms with E-state index in [2.05, 4.69) is 20.0 Å². The molecular formula is C17H36O2Si. The van der Waals surface area contributed by atoms with Crippen LogP contribution < -0.4 is 0 Å². The highest BCUT2D eigenvalue weighted by Crippen LogP contribution is 2.17. The Balaban J connectivity index is 3.32. The van der Waals surface area contributed by atoms with Crippen LogP contribution in [0.4, 0.5) is 0 Å². The fraction of sp³-hybridized carbons (Fsp3) is 0.941. The zero-order valence-electron chi connectivity index (χ0n) is 14.3. The van der Waals surface area contributed by atoms with Gasteiger partial charge in [0.1, 0.15) is 0 Å². The van der Waals surface area contributed by atoms with Gasteiger partial charge in [-0.15, -0.1) is 0 Å². The van der Waals surface area contributed by atoms with Crippen molar-refractivity contribution >= 4 is 14.0 Å². The van der Waals surface area contributed by atoms with Gasteiger partial charge >= 0.3 is 5.97 Å². The molecule has 2 nitrogen and oxygen atoms in total. The third-order valence-electron chi connectivity index (χ3n) is 3.87. The van der Waals surface area contributed by atoms with E-state index in [9.17, 15) is 4.79 Å². The topological polar surface area (TPSA) is 26.3 Å². The molecule has 0 aromatic rings. The van der Waals surface area contributed by atoms with Gasteiger partial charge in [-0.1, -0.05) is 90.3 Å². The molecule has 0 heterocycles. The SMILES string of the molecule is CCCCCCCCCCCC[Si](C)(C)COC(C)=O. The smallest absolute Gasteiger partial charge is 0.302 e. The highest BCUT2D eigenvalue weighted by atomic mass is 28.3. The Morgan fingerprint density at radius 1 is 0.850 bits per heavy atom. The number of hydrogen-bond acceptors (Lipinski definition) is 2. The van der Waals surface area contributed by atoms with E-state index in [1.807, 2.05) is 0 Å². The van der Waals surface area contributed by atoms with E-state index < -0.39 is 8.07 Å². The molecule has 0 N–H and O–H groups in total. The molecule has 0 radical (unpaired) electrons. The molecule has 0 unspecified atom stereocenters. The molecule has 0 aliphatic heterocycles. The molecule has 0 aromatic carbocycles. The summed E-state index contributed by atoms with van der Waals surface area (Å²) in [5, 5.41) is 0. The number of unbranched alkanes of at least 4 members (excludes halogenated alkanes) is 9. The fourth-order valence-corrected chi connectivity index (χ4v) is 4.41. The summed E-state index contributed by atoms with van der Waals surface area (Å²) in [5.74, 6) is -0.131. The molecule has 0 atom stereocenters. The van der Waals surface area contributed by atoms with Crippen molar-refractivity contribution in [3.05, 3.63) is 0 Å². The van der Waals surface area contributed by atoms with Crippen LogP contribution in [0.5, 0.6) is 0 Å². The predicted molar refractivity (Wildman–Crippen MR) is 90.8 cm³/mol. The van der Waals surface area contributed by atoms with Gasteiger partial charge in [-0.05, 0) is 0 Å². The lowest BCUT2D eigenvalue weighted by Crippen LogP contribution is -2.33. The summed E-state index contributed by atoms with van der Waals surface area (Å²) in [4.78, 5) is 10.8. The van der Waals surface area contributed by atoms with Gasteiger partial charge in [0.05, 0.1) is 14.3 Å². The quantitative estimate of drug-likeness (QED) is 0.247. The highest BCUT2D eigenvalue weighted by molar-refractivity contribution is 6.77. The number of carbonyl (C=O) groups excluding carboxylic acids is 1. The van der Waals surface area contributed by atoms with Crippen LogP contribution in [0.1, 0.15) is 78.1 Å². The van der Waals surface area contributed by atoms with Gasteiger partial charge in [-0.2, -0.15) is 0 Å². The Labute approximate surface area is 127 Å². The molecule has 0 saturated heterocycles. The van der Waals surface area contributed by atoms with E-state index in [1.54, 1.807) is 0 Å². The van der Waals surface area contributed by atoms with Gasteiger partial charge in [0.15, 0.2) is 0 Å². The zero-order valence-corrected chi connectivity index (χ0v) is 15.3. The standard InChI is InChI=1S/C17H36O2Si/c1-5-6-7-8-9-10-11-12-13-14-15-20(3,4)16-19-17(2)18/h5-16H2,1-4H3. The maximum absolute atomic E-state index is 10.8. The lowest BCUT2D eigenvalue weighted by molar-refractivity contribution is -0.139. The van der Waals surface area contributed by atoms with E-state index in [4.69, 9.17) is 4.74 Å². The summed E-state index contributed by atoms with van der Waals surface area (Å²) in [6.07, 6.45) is 14.6. The molecule has 0 bridgehead atoms. The second-order valence-electron chi connectivity index (χ2n) is 6.88. The number of hydrogen-bond donors (Lipinski definition) is 0. The van der Waals surface area contributed by atoms with Crippen molar-refractivity contribution < 1.29 is 9.53 Å². The third kappa shape index (κ3) is 14.1. The third-order valence-corrected chi connectivity index (χ3v) is 6.51. The van der Waals surface area contributed by atoms with Crippen molar-refractivity contribution in [2.24, 2.45) is 0 Å². The number of carbonyl (C=O) groups is 1. The number of rotatable bonds is 13. The Morgan fingerprint density at radius 2 is 1.30 bits per heavy atom. The van der Waals surface area contributed by atoms with Gasteiger partial charge in [0.2, 0.25) is 0 Å². The van der Waals surface area contributed by atoms with Crippen LogP contribution in [0.25, 0.3) is 0 Å². The Morgan fingerprint density at radius 3 is 1.75 bits per heavy atom. The van der Waals surface area contributed by atoms with Crippen LogP contribution in [-0.4, -0.2) is 20.3 Å². The van der Waals surface area contributed by atoms with Crippen molar-refractivity contribution in [1.82, 2.24) is 0 Å². The van der Waals surface area contributed by atoms with Gasteiger partial charge in [0.25, 0.3) is 0 Å². The molecule has 0 amide bonds. The Kier molecular flexibility index (Phi) is 12.2. The van der Waals surface area contributed by atoms with Crippen LogP contribution in [0, 0.1) is 0 Å². The van der Waals surface area contributed by atoms with Crippen LogP contribution in [-0.2, 0) is 9.53 Å². The van der Waals surface area contributed by atoms with Crippen molar-refractivity contribution in [2.45, 2.75) is 97.2 Å². The highest BCUT2D eigenvalue weighted by Gasteiger charge is 2.21. The first-order chi connectivity index (χ1) is 9.48. The average Bonchev–Trinajstić information content (AvgIpc) is 2.39. The molecule has 0 aliphatic carbocycles. The van der Waals surface area contributed by atoms with E-state index in [-0.39, 0.29) is 5.97 Å². The summed E-state index contributed by atoms with van der Waals surface area (Å²) < 4.78 is 5.17. The lowest BCUT2D eigenvalue weighted by atomic mass is 10.1. The van der Waals surface area contributed by atoms with Crippen molar-refractivity contribution in [3.8, 4) is 0 Å². The second-order valence-corrected chi connectivity index (χ2v) is 12.0. The Hall–Kier alpha value is -0.313. The maximum atomic E-state index is 10.8. The average molecular weight is 301 g/mol. The molecule has 0 saturated carbocycles. The summed E-state index contributed by atoms with van der Waals surface area (Å²) in [6.45, 7) is 8.42. The van der Waals surface area contributed by atoms with Crippen molar-refractivity contribution in [3.63, 3.8) is 0 Å². The molecule has 3 heteroatoms. The molecule has 20 heavy (non-hydrogen) atoms. The van der Waals surface area contributed by atoms with Crippen LogP contribution >= 0.6 is 0 Å². The van der Waals surface area contributed by atoms with Crippen LogP contribution in [0.15, 0.2) is 0 Å². The monoisotopic (exact) mass is 300 g/mol. The lowest BCUT2D eigenvalue weighted by Gasteiger charge is -2.21. The normalized spacial score (nSPS) is 11.6. The first-order valence-corrected chi connectivity index (χ1v) is 12.0. The first-order valence-electron chi connectivity index (χ1n) is 8.61. The number of ether oxygens (including phenoxy) is 1. The van der Waals surface area contributed by atoms with E-state index in [0.717, 1.165) is 0 Å². The largest absolute Gasteiger partial charge is 0.470 e. The minimum atomic E-state index is -1.30. The summed E-state index contributed by atoms with van der Waals surface area (Å²) >= 11 is 0. The van der Waals surface area contributed by atoms with Gasteiger partial charge < -0.3 is 4.74 Å². The minimum Gasteiger partial charge on any atom is -0.470 e. The van der Waals surface area contributed by atoms with Crippen LogP contribution in [0.2, 0.25) is 19.1 Å². The summed E-state index contributed by atoms with van der Waals surface area (Å²) in [7, 11) is -1.30. The summed E-state index contributed by atoms with van der Waals surface area (Å²) in [6, 6.07) is 1.29. The number of esters is 1. The van der Waals surface area contributed by atoms with Crippen LogP contribution in [0.3, 0.4) is 0 Å². The molecule has 0 aromatic heterocycles. The molecule has 0 spiro atoms. The molecule has 0 rings (SSSR count). The fourth-order valence-electron chi connectivity index (χ4n) is 2.46. The minimum absolute atomic E-state index is 0.131. The van der Waals surface area contributed by atoms with E-state index >= 15 is 0 Å². The van der Waals surface area contributed by atoms with Crippen molar-refractivity contribution in [2.75, 3.05) is 6.23 Å². The first kappa shape index (κ1) is 19.7.